The Bertz CT molecular complexity index is 403. The molecule has 1 fully saturated rings. The molecule has 3 heteroatoms. The minimum atomic E-state index is 0.121. The third-order valence-corrected chi connectivity index (χ3v) is 3.54. The molecule has 1 N–H and O–H groups in total. The standard InChI is InChI=1S/C15H19NO2/c17-11-12-7-9-14(10-8-12)16-15(18)13-5-3-1-2-4-6-13/h7-11,13H,1-6H2,(H,16,18). The number of carbonyl (C=O) groups excluding carboxylic acids is 2. The molecule has 1 amide bonds. The molecule has 1 aliphatic carbocycles. The Balaban J connectivity index is 1.94. The lowest BCUT2D eigenvalue weighted by Crippen LogP contribution is -2.22. The third kappa shape index (κ3) is 3.42. The number of hydrogen-bond donors (Lipinski definition) is 1. The number of carbonyl (C=O) groups is 2. The van der Waals surface area contributed by atoms with Crippen LogP contribution in [0.1, 0.15) is 48.9 Å². The molecule has 1 aromatic carbocycles. The number of amides is 1. The van der Waals surface area contributed by atoms with Crippen LogP contribution in [0.5, 0.6) is 0 Å². The van der Waals surface area contributed by atoms with Gasteiger partial charge < -0.3 is 5.32 Å². The Hall–Kier alpha value is -1.64. The highest BCUT2D eigenvalue weighted by atomic mass is 16.1. The van der Waals surface area contributed by atoms with E-state index >= 15 is 0 Å². The van der Waals surface area contributed by atoms with Crippen molar-refractivity contribution in [1.29, 1.82) is 0 Å². The van der Waals surface area contributed by atoms with Crippen LogP contribution in [0.15, 0.2) is 24.3 Å². The number of nitrogens with one attached hydrogen (secondary N) is 1. The molecule has 18 heavy (non-hydrogen) atoms. The molecule has 1 aromatic rings. The van der Waals surface area contributed by atoms with Crippen LogP contribution in [0.2, 0.25) is 0 Å². The van der Waals surface area contributed by atoms with Crippen molar-refractivity contribution >= 4 is 17.9 Å². The van der Waals surface area contributed by atoms with Crippen LogP contribution >= 0.6 is 0 Å². The molecule has 0 heterocycles. The average molecular weight is 245 g/mol. The van der Waals surface area contributed by atoms with Gasteiger partial charge in [-0.25, -0.2) is 0 Å². The largest absolute Gasteiger partial charge is 0.326 e. The summed E-state index contributed by atoms with van der Waals surface area (Å²) in [5.41, 5.74) is 1.40. The SMILES string of the molecule is O=Cc1ccc(NC(=O)C2CCCCCC2)cc1. The van der Waals surface area contributed by atoms with Gasteiger partial charge in [-0.3, -0.25) is 9.59 Å². The summed E-state index contributed by atoms with van der Waals surface area (Å²) in [6.07, 6.45) is 7.60. The van der Waals surface area contributed by atoms with E-state index in [0.29, 0.717) is 5.56 Å². The van der Waals surface area contributed by atoms with Gasteiger partial charge in [-0.15, -0.1) is 0 Å². The van der Waals surface area contributed by atoms with E-state index in [0.717, 1.165) is 37.7 Å². The van der Waals surface area contributed by atoms with Crippen LogP contribution < -0.4 is 5.32 Å². The van der Waals surface area contributed by atoms with Gasteiger partial charge in [0, 0.05) is 17.2 Å². The Kier molecular flexibility index (Phi) is 4.51. The summed E-state index contributed by atoms with van der Waals surface area (Å²) in [6, 6.07) is 6.99. The number of hydrogen-bond acceptors (Lipinski definition) is 2. The number of aldehydes is 1. The van der Waals surface area contributed by atoms with Crippen molar-refractivity contribution in [3.8, 4) is 0 Å². The van der Waals surface area contributed by atoms with E-state index in [4.69, 9.17) is 0 Å². The second kappa shape index (κ2) is 6.34. The first-order valence-corrected chi connectivity index (χ1v) is 6.66. The molecule has 1 aliphatic rings. The summed E-state index contributed by atoms with van der Waals surface area (Å²) in [6.45, 7) is 0. The van der Waals surface area contributed by atoms with Gasteiger partial charge in [0.2, 0.25) is 5.91 Å². The molecule has 3 nitrogen and oxygen atoms in total. The first kappa shape index (κ1) is 12.8. The predicted octanol–water partition coefficient (Wildman–Crippen LogP) is 3.41. The zero-order valence-electron chi connectivity index (χ0n) is 10.5. The van der Waals surface area contributed by atoms with Gasteiger partial charge in [-0.1, -0.05) is 25.7 Å². The molecule has 0 saturated heterocycles. The summed E-state index contributed by atoms with van der Waals surface area (Å²) in [5, 5.41) is 2.94. The van der Waals surface area contributed by atoms with Crippen LogP contribution in [0, 0.1) is 5.92 Å². The maximum atomic E-state index is 12.1. The number of rotatable bonds is 3. The van der Waals surface area contributed by atoms with Gasteiger partial charge in [0.05, 0.1) is 0 Å². The molecule has 0 spiro atoms. The number of benzene rings is 1. The van der Waals surface area contributed by atoms with E-state index < -0.39 is 0 Å². The Morgan fingerprint density at radius 3 is 2.22 bits per heavy atom. The maximum absolute atomic E-state index is 12.1. The quantitative estimate of drug-likeness (QED) is 0.655. The highest BCUT2D eigenvalue weighted by Crippen LogP contribution is 2.24. The average Bonchev–Trinajstić information content (AvgIpc) is 2.68. The minimum Gasteiger partial charge on any atom is -0.326 e. The molecule has 0 aliphatic heterocycles. The van der Waals surface area contributed by atoms with Gasteiger partial charge in [0.1, 0.15) is 6.29 Å². The van der Waals surface area contributed by atoms with Crippen LogP contribution in [0.4, 0.5) is 5.69 Å². The minimum absolute atomic E-state index is 0.121. The lowest BCUT2D eigenvalue weighted by molar-refractivity contribution is -0.120. The topological polar surface area (TPSA) is 46.2 Å². The van der Waals surface area contributed by atoms with E-state index in [1.54, 1.807) is 24.3 Å². The summed E-state index contributed by atoms with van der Waals surface area (Å²) < 4.78 is 0. The second-order valence-corrected chi connectivity index (χ2v) is 4.92. The molecule has 0 bridgehead atoms. The molecule has 96 valence electrons. The lowest BCUT2D eigenvalue weighted by Gasteiger charge is -2.14. The molecule has 2 rings (SSSR count). The van der Waals surface area contributed by atoms with Gasteiger partial charge in [-0.05, 0) is 37.1 Å². The monoisotopic (exact) mass is 245 g/mol. The fourth-order valence-electron chi connectivity index (χ4n) is 2.43. The van der Waals surface area contributed by atoms with Crippen molar-refractivity contribution in [2.24, 2.45) is 5.92 Å². The number of anilines is 1. The van der Waals surface area contributed by atoms with Crippen LogP contribution in [0.25, 0.3) is 0 Å². The van der Waals surface area contributed by atoms with E-state index in [9.17, 15) is 9.59 Å². The molecule has 0 radical (unpaired) electrons. The smallest absolute Gasteiger partial charge is 0.227 e. The second-order valence-electron chi connectivity index (χ2n) is 4.92. The Labute approximate surface area is 108 Å². The molecular formula is C15H19NO2. The van der Waals surface area contributed by atoms with Gasteiger partial charge in [0.25, 0.3) is 0 Å². The molecular weight excluding hydrogens is 226 g/mol. The Morgan fingerprint density at radius 2 is 1.67 bits per heavy atom. The molecule has 0 aromatic heterocycles. The van der Waals surface area contributed by atoms with Gasteiger partial charge in [-0.2, -0.15) is 0 Å². The first-order valence-electron chi connectivity index (χ1n) is 6.66. The highest BCUT2D eigenvalue weighted by Gasteiger charge is 2.19. The van der Waals surface area contributed by atoms with E-state index in [1.165, 1.54) is 12.8 Å². The van der Waals surface area contributed by atoms with Crippen LogP contribution in [-0.2, 0) is 4.79 Å². The van der Waals surface area contributed by atoms with Crippen LogP contribution in [-0.4, -0.2) is 12.2 Å². The molecule has 1 saturated carbocycles. The zero-order chi connectivity index (χ0) is 12.8. The van der Waals surface area contributed by atoms with Gasteiger partial charge in [0.15, 0.2) is 0 Å². The fourth-order valence-corrected chi connectivity index (χ4v) is 2.43. The molecule has 0 unspecified atom stereocenters. The van der Waals surface area contributed by atoms with Crippen molar-refractivity contribution in [1.82, 2.24) is 0 Å². The highest BCUT2D eigenvalue weighted by molar-refractivity contribution is 5.92. The molecule has 0 atom stereocenters. The fraction of sp³-hybridized carbons (Fsp3) is 0.467. The Morgan fingerprint density at radius 1 is 1.06 bits per heavy atom. The van der Waals surface area contributed by atoms with Gasteiger partial charge >= 0.3 is 0 Å². The van der Waals surface area contributed by atoms with E-state index in [-0.39, 0.29) is 11.8 Å². The van der Waals surface area contributed by atoms with Crippen molar-refractivity contribution in [3.05, 3.63) is 29.8 Å². The van der Waals surface area contributed by atoms with Crippen molar-refractivity contribution in [3.63, 3.8) is 0 Å². The summed E-state index contributed by atoms with van der Waals surface area (Å²) >= 11 is 0. The van der Waals surface area contributed by atoms with Crippen LogP contribution in [0.3, 0.4) is 0 Å². The van der Waals surface area contributed by atoms with E-state index in [1.807, 2.05) is 0 Å². The summed E-state index contributed by atoms with van der Waals surface area (Å²) in [7, 11) is 0. The zero-order valence-corrected chi connectivity index (χ0v) is 10.5. The van der Waals surface area contributed by atoms with Crippen molar-refractivity contribution < 1.29 is 9.59 Å². The summed E-state index contributed by atoms with van der Waals surface area (Å²) in [4.78, 5) is 22.6. The van der Waals surface area contributed by atoms with Crippen molar-refractivity contribution in [2.75, 3.05) is 5.32 Å². The first-order chi connectivity index (χ1) is 8.79. The van der Waals surface area contributed by atoms with E-state index in [2.05, 4.69) is 5.32 Å². The lowest BCUT2D eigenvalue weighted by atomic mass is 9.99. The van der Waals surface area contributed by atoms with Crippen molar-refractivity contribution in [2.45, 2.75) is 38.5 Å². The normalized spacial score (nSPS) is 16.9. The summed E-state index contributed by atoms with van der Waals surface area (Å²) in [5.74, 6) is 0.272. The maximum Gasteiger partial charge on any atom is 0.227 e. The third-order valence-electron chi connectivity index (χ3n) is 3.54. The predicted molar refractivity (Wildman–Crippen MR) is 71.7 cm³/mol.